The minimum absolute atomic E-state index is 0.0859. The molecule has 6 nitrogen and oxygen atoms in total. The molecule has 0 saturated heterocycles. The van der Waals surface area contributed by atoms with E-state index < -0.39 is 4.92 Å². The molecule has 0 aliphatic rings. The number of anilines is 1. The number of hydrogen-bond donors (Lipinski definition) is 2. The summed E-state index contributed by atoms with van der Waals surface area (Å²) in [5.41, 5.74) is 5.48. The topological polar surface area (TPSA) is 98.3 Å². The molecule has 6 heteroatoms. The SMILES string of the molecule is CC(C)CCCCNC(=O)c1cccc([N+](=O)[O-])c1N. The first-order valence-electron chi connectivity index (χ1n) is 6.74. The molecule has 0 aliphatic heterocycles. The number of rotatable bonds is 7. The summed E-state index contributed by atoms with van der Waals surface area (Å²) in [6.45, 7) is 4.86. The van der Waals surface area contributed by atoms with Crippen LogP contribution < -0.4 is 11.1 Å². The molecule has 0 unspecified atom stereocenters. The quantitative estimate of drug-likeness (QED) is 0.347. The van der Waals surface area contributed by atoms with Crippen LogP contribution in [0.15, 0.2) is 18.2 Å². The van der Waals surface area contributed by atoms with Crippen molar-refractivity contribution < 1.29 is 9.72 Å². The number of benzene rings is 1. The molecule has 0 aromatic heterocycles. The number of carbonyl (C=O) groups is 1. The number of nitrogens with two attached hydrogens (primary N) is 1. The molecule has 0 bridgehead atoms. The Kier molecular flexibility index (Phi) is 5.96. The van der Waals surface area contributed by atoms with Gasteiger partial charge >= 0.3 is 0 Å². The first-order valence-corrected chi connectivity index (χ1v) is 6.74. The number of nitro benzene ring substituents is 1. The largest absolute Gasteiger partial charge is 0.393 e. The van der Waals surface area contributed by atoms with E-state index in [1.165, 1.54) is 18.2 Å². The van der Waals surface area contributed by atoms with Gasteiger partial charge in [-0.3, -0.25) is 14.9 Å². The van der Waals surface area contributed by atoms with Gasteiger partial charge in [-0.05, 0) is 18.4 Å². The van der Waals surface area contributed by atoms with Gasteiger partial charge in [0.2, 0.25) is 0 Å². The molecule has 0 spiro atoms. The third-order valence-electron chi connectivity index (χ3n) is 3.02. The van der Waals surface area contributed by atoms with Crippen LogP contribution in [0.1, 0.15) is 43.5 Å². The number of nitrogens with one attached hydrogen (secondary N) is 1. The number of nitrogen functional groups attached to an aromatic ring is 1. The summed E-state index contributed by atoms with van der Waals surface area (Å²) in [6, 6.07) is 4.24. The Balaban J connectivity index is 2.56. The van der Waals surface area contributed by atoms with Crippen LogP contribution in [0.3, 0.4) is 0 Å². The maximum Gasteiger partial charge on any atom is 0.292 e. The van der Waals surface area contributed by atoms with Crippen LogP contribution in [0, 0.1) is 16.0 Å². The number of amides is 1. The molecule has 0 radical (unpaired) electrons. The third-order valence-corrected chi connectivity index (χ3v) is 3.02. The summed E-state index contributed by atoms with van der Waals surface area (Å²) in [7, 11) is 0. The molecule has 20 heavy (non-hydrogen) atoms. The zero-order valence-corrected chi connectivity index (χ0v) is 11.9. The fourth-order valence-corrected chi connectivity index (χ4v) is 1.88. The number of nitrogens with zero attached hydrogens (tertiary/aromatic N) is 1. The van der Waals surface area contributed by atoms with Gasteiger partial charge in [0.1, 0.15) is 5.69 Å². The van der Waals surface area contributed by atoms with Gasteiger partial charge in [0, 0.05) is 12.6 Å². The molecule has 0 fully saturated rings. The highest BCUT2D eigenvalue weighted by atomic mass is 16.6. The molecule has 0 aliphatic carbocycles. The molecule has 1 rings (SSSR count). The molecule has 0 atom stereocenters. The van der Waals surface area contributed by atoms with Gasteiger partial charge in [-0.15, -0.1) is 0 Å². The standard InChI is InChI=1S/C14H21N3O3/c1-10(2)6-3-4-9-16-14(18)11-7-5-8-12(13(11)15)17(19)20/h5,7-8,10H,3-4,6,9,15H2,1-2H3,(H,16,18). The number of carbonyl (C=O) groups excluding carboxylic acids is 1. The average molecular weight is 279 g/mol. The number of unbranched alkanes of at least 4 members (excludes halogenated alkanes) is 1. The van der Waals surface area contributed by atoms with Gasteiger partial charge < -0.3 is 11.1 Å². The van der Waals surface area contributed by atoms with Crippen molar-refractivity contribution in [1.82, 2.24) is 5.32 Å². The summed E-state index contributed by atoms with van der Waals surface area (Å²) in [5.74, 6) is 0.286. The van der Waals surface area contributed by atoms with Crippen LogP contribution in [0.5, 0.6) is 0 Å². The van der Waals surface area contributed by atoms with E-state index in [1.54, 1.807) is 0 Å². The van der Waals surface area contributed by atoms with E-state index in [0.717, 1.165) is 19.3 Å². The summed E-state index contributed by atoms with van der Waals surface area (Å²) >= 11 is 0. The smallest absolute Gasteiger partial charge is 0.292 e. The van der Waals surface area contributed by atoms with E-state index in [2.05, 4.69) is 19.2 Å². The highest BCUT2D eigenvalue weighted by molar-refractivity contribution is 6.00. The maximum atomic E-state index is 11.9. The van der Waals surface area contributed by atoms with Crippen molar-refractivity contribution in [3.63, 3.8) is 0 Å². The lowest BCUT2D eigenvalue weighted by Crippen LogP contribution is -2.25. The van der Waals surface area contributed by atoms with Crippen molar-refractivity contribution >= 4 is 17.3 Å². The molecule has 110 valence electrons. The van der Waals surface area contributed by atoms with Crippen LogP contribution in [-0.4, -0.2) is 17.4 Å². The second-order valence-corrected chi connectivity index (χ2v) is 5.14. The molecule has 1 amide bonds. The molecule has 0 heterocycles. The van der Waals surface area contributed by atoms with Crippen molar-refractivity contribution in [2.24, 2.45) is 5.92 Å². The van der Waals surface area contributed by atoms with E-state index in [0.29, 0.717) is 12.5 Å². The van der Waals surface area contributed by atoms with Gasteiger partial charge in [-0.2, -0.15) is 0 Å². The molecule has 1 aromatic rings. The Labute approximate surface area is 118 Å². The lowest BCUT2D eigenvalue weighted by atomic mass is 10.1. The molecular formula is C14H21N3O3. The van der Waals surface area contributed by atoms with Gasteiger partial charge in [0.25, 0.3) is 11.6 Å². The Morgan fingerprint density at radius 3 is 2.70 bits per heavy atom. The number of hydrogen-bond acceptors (Lipinski definition) is 4. The van der Waals surface area contributed by atoms with Gasteiger partial charge in [-0.1, -0.05) is 32.8 Å². The summed E-state index contributed by atoms with van der Waals surface area (Å²) in [5, 5.41) is 13.5. The average Bonchev–Trinajstić information content (AvgIpc) is 2.37. The van der Waals surface area contributed by atoms with Crippen molar-refractivity contribution in [2.45, 2.75) is 33.1 Å². The first-order chi connectivity index (χ1) is 9.43. The number of para-hydroxylation sites is 1. The minimum Gasteiger partial charge on any atom is -0.393 e. The van der Waals surface area contributed by atoms with E-state index >= 15 is 0 Å². The van der Waals surface area contributed by atoms with Gasteiger partial charge in [0.15, 0.2) is 0 Å². The van der Waals surface area contributed by atoms with E-state index in [1.807, 2.05) is 0 Å². The fourth-order valence-electron chi connectivity index (χ4n) is 1.88. The Morgan fingerprint density at radius 1 is 1.40 bits per heavy atom. The molecule has 0 saturated carbocycles. The zero-order valence-electron chi connectivity index (χ0n) is 11.9. The fraction of sp³-hybridized carbons (Fsp3) is 0.500. The van der Waals surface area contributed by atoms with Crippen molar-refractivity contribution in [2.75, 3.05) is 12.3 Å². The second-order valence-electron chi connectivity index (χ2n) is 5.14. The summed E-state index contributed by atoms with van der Waals surface area (Å²) < 4.78 is 0. The molecule has 1 aromatic carbocycles. The van der Waals surface area contributed by atoms with Crippen LogP contribution in [0.2, 0.25) is 0 Å². The lowest BCUT2D eigenvalue weighted by molar-refractivity contribution is -0.383. The van der Waals surface area contributed by atoms with E-state index in [-0.39, 0.29) is 22.8 Å². The maximum absolute atomic E-state index is 11.9. The molecule has 3 N–H and O–H groups in total. The third kappa shape index (κ3) is 4.53. The van der Waals surface area contributed by atoms with Crippen molar-refractivity contribution in [1.29, 1.82) is 0 Å². The molecular weight excluding hydrogens is 258 g/mol. The van der Waals surface area contributed by atoms with Crippen molar-refractivity contribution in [3.8, 4) is 0 Å². The summed E-state index contributed by atoms with van der Waals surface area (Å²) in [6.07, 6.45) is 3.05. The minimum atomic E-state index is -0.589. The van der Waals surface area contributed by atoms with Crippen LogP contribution in [-0.2, 0) is 0 Å². The van der Waals surface area contributed by atoms with E-state index in [9.17, 15) is 14.9 Å². The number of nitro groups is 1. The predicted octanol–water partition coefficient (Wildman–Crippen LogP) is 2.73. The van der Waals surface area contributed by atoms with E-state index in [4.69, 9.17) is 5.73 Å². The highest BCUT2D eigenvalue weighted by Gasteiger charge is 2.18. The second kappa shape index (κ2) is 7.47. The van der Waals surface area contributed by atoms with Gasteiger partial charge in [-0.25, -0.2) is 0 Å². The normalized spacial score (nSPS) is 10.6. The Bertz CT molecular complexity index is 487. The van der Waals surface area contributed by atoms with Crippen LogP contribution in [0.4, 0.5) is 11.4 Å². The van der Waals surface area contributed by atoms with Gasteiger partial charge in [0.05, 0.1) is 10.5 Å². The Morgan fingerprint density at radius 2 is 2.10 bits per heavy atom. The monoisotopic (exact) mass is 279 g/mol. The predicted molar refractivity (Wildman–Crippen MR) is 78.5 cm³/mol. The van der Waals surface area contributed by atoms with Crippen LogP contribution >= 0.6 is 0 Å². The van der Waals surface area contributed by atoms with Crippen molar-refractivity contribution in [3.05, 3.63) is 33.9 Å². The lowest BCUT2D eigenvalue weighted by Gasteiger charge is -2.08. The summed E-state index contributed by atoms with van der Waals surface area (Å²) in [4.78, 5) is 22.1. The highest BCUT2D eigenvalue weighted by Crippen LogP contribution is 2.24. The first kappa shape index (κ1) is 15.9. The van der Waals surface area contributed by atoms with Crippen LogP contribution in [0.25, 0.3) is 0 Å². The zero-order chi connectivity index (χ0) is 15.1. The Hall–Kier alpha value is -2.11.